The van der Waals surface area contributed by atoms with Gasteiger partial charge >= 0.3 is 0 Å². The summed E-state index contributed by atoms with van der Waals surface area (Å²) in [7, 11) is 0. The van der Waals surface area contributed by atoms with Crippen LogP contribution < -0.4 is 10.6 Å². The molecule has 1 aliphatic carbocycles. The van der Waals surface area contributed by atoms with Gasteiger partial charge in [0.25, 0.3) is 5.91 Å². The van der Waals surface area contributed by atoms with Crippen LogP contribution in [0.3, 0.4) is 0 Å². The molecule has 0 radical (unpaired) electrons. The highest BCUT2D eigenvalue weighted by molar-refractivity contribution is 6.03. The first-order chi connectivity index (χ1) is 10.1. The molecule has 0 bridgehead atoms. The first kappa shape index (κ1) is 13.5. The fraction of sp³-hybridized carbons (Fsp3) is 0.312. The molecule has 1 aromatic carbocycles. The maximum absolute atomic E-state index is 12.3. The van der Waals surface area contributed by atoms with E-state index in [-0.39, 0.29) is 5.91 Å². The molecule has 3 rings (SSSR count). The Morgan fingerprint density at radius 1 is 1.19 bits per heavy atom. The molecule has 1 aliphatic rings. The van der Waals surface area contributed by atoms with Gasteiger partial charge in [-0.15, -0.1) is 0 Å². The lowest BCUT2D eigenvalue weighted by Crippen LogP contribution is -2.15. The van der Waals surface area contributed by atoms with E-state index in [1.165, 1.54) is 11.9 Å². The van der Waals surface area contributed by atoms with Crippen molar-refractivity contribution in [1.82, 2.24) is 9.97 Å². The molecule has 5 nitrogen and oxygen atoms in total. The van der Waals surface area contributed by atoms with E-state index in [0.29, 0.717) is 17.6 Å². The van der Waals surface area contributed by atoms with Crippen LogP contribution in [0.4, 0.5) is 11.5 Å². The summed E-state index contributed by atoms with van der Waals surface area (Å²) in [5.74, 6) is 0.487. The van der Waals surface area contributed by atoms with Crippen molar-refractivity contribution < 1.29 is 4.79 Å². The Bertz CT molecular complexity index is 680. The number of hydrogen-bond donors (Lipinski definition) is 2. The van der Waals surface area contributed by atoms with Gasteiger partial charge in [0, 0.05) is 17.8 Å². The smallest absolute Gasteiger partial charge is 0.274 e. The van der Waals surface area contributed by atoms with Crippen molar-refractivity contribution in [3.8, 4) is 0 Å². The summed E-state index contributed by atoms with van der Waals surface area (Å²) in [5, 5.41) is 6.16. The second kappa shape index (κ2) is 5.52. The third-order valence-corrected chi connectivity index (χ3v) is 3.46. The molecule has 1 heterocycles. The van der Waals surface area contributed by atoms with E-state index in [2.05, 4.69) is 20.6 Å². The second-order valence-electron chi connectivity index (χ2n) is 5.48. The van der Waals surface area contributed by atoms with Gasteiger partial charge in [0.05, 0.1) is 0 Å². The van der Waals surface area contributed by atoms with Gasteiger partial charge in [0.1, 0.15) is 17.8 Å². The predicted octanol–water partition coefficient (Wildman–Crippen LogP) is 2.92. The summed E-state index contributed by atoms with van der Waals surface area (Å²) in [6.45, 7) is 4.00. The number of carbonyl (C=O) groups excluding carboxylic acids is 1. The Morgan fingerprint density at radius 2 is 2.00 bits per heavy atom. The number of anilines is 2. The molecule has 0 spiro atoms. The number of nitrogens with zero attached hydrogens (tertiary/aromatic N) is 2. The van der Waals surface area contributed by atoms with Gasteiger partial charge in [-0.05, 0) is 38.3 Å². The molecular weight excluding hydrogens is 264 g/mol. The van der Waals surface area contributed by atoms with Crippen LogP contribution >= 0.6 is 0 Å². The van der Waals surface area contributed by atoms with Gasteiger partial charge in [-0.25, -0.2) is 9.97 Å². The van der Waals surface area contributed by atoms with Gasteiger partial charge in [0.2, 0.25) is 0 Å². The minimum atomic E-state index is -0.219. The highest BCUT2D eigenvalue weighted by Crippen LogP contribution is 2.23. The maximum Gasteiger partial charge on any atom is 0.274 e. The molecule has 0 saturated heterocycles. The molecule has 1 saturated carbocycles. The number of carbonyl (C=O) groups is 1. The van der Waals surface area contributed by atoms with Crippen LogP contribution in [0, 0.1) is 13.8 Å². The highest BCUT2D eigenvalue weighted by Gasteiger charge is 2.21. The van der Waals surface area contributed by atoms with Crippen LogP contribution in [0.2, 0.25) is 0 Å². The molecule has 0 atom stereocenters. The molecule has 0 unspecified atom stereocenters. The normalized spacial score (nSPS) is 13.8. The van der Waals surface area contributed by atoms with Crippen LogP contribution in [-0.2, 0) is 0 Å². The van der Waals surface area contributed by atoms with Crippen molar-refractivity contribution in [2.75, 3.05) is 10.6 Å². The molecule has 108 valence electrons. The number of benzene rings is 1. The Kier molecular flexibility index (Phi) is 3.56. The van der Waals surface area contributed by atoms with E-state index in [0.717, 1.165) is 24.1 Å². The van der Waals surface area contributed by atoms with E-state index < -0.39 is 0 Å². The van der Waals surface area contributed by atoms with Gasteiger partial charge in [-0.3, -0.25) is 4.79 Å². The zero-order valence-electron chi connectivity index (χ0n) is 12.2. The van der Waals surface area contributed by atoms with Crippen LogP contribution in [-0.4, -0.2) is 21.9 Å². The number of hydrogen-bond acceptors (Lipinski definition) is 4. The molecule has 5 heteroatoms. The highest BCUT2D eigenvalue weighted by atomic mass is 16.1. The monoisotopic (exact) mass is 282 g/mol. The summed E-state index contributed by atoms with van der Waals surface area (Å²) in [6.07, 6.45) is 3.74. The minimum Gasteiger partial charge on any atom is -0.367 e. The average molecular weight is 282 g/mol. The van der Waals surface area contributed by atoms with Crippen LogP contribution in [0.15, 0.2) is 30.6 Å². The van der Waals surface area contributed by atoms with E-state index >= 15 is 0 Å². The van der Waals surface area contributed by atoms with Gasteiger partial charge < -0.3 is 10.6 Å². The Balaban J connectivity index is 1.75. The summed E-state index contributed by atoms with van der Waals surface area (Å²) >= 11 is 0. The minimum absolute atomic E-state index is 0.219. The molecule has 0 aliphatic heterocycles. The Morgan fingerprint density at radius 3 is 2.71 bits per heavy atom. The topological polar surface area (TPSA) is 66.9 Å². The first-order valence-corrected chi connectivity index (χ1v) is 7.09. The largest absolute Gasteiger partial charge is 0.367 e. The lowest BCUT2D eigenvalue weighted by molar-refractivity contribution is 0.102. The second-order valence-corrected chi connectivity index (χ2v) is 5.48. The van der Waals surface area contributed by atoms with E-state index in [4.69, 9.17) is 0 Å². The van der Waals surface area contributed by atoms with Crippen molar-refractivity contribution in [3.63, 3.8) is 0 Å². The number of nitrogens with one attached hydrogen (secondary N) is 2. The van der Waals surface area contributed by atoms with Crippen molar-refractivity contribution in [2.45, 2.75) is 32.7 Å². The van der Waals surface area contributed by atoms with E-state index in [1.807, 2.05) is 32.0 Å². The van der Waals surface area contributed by atoms with Gasteiger partial charge in [-0.1, -0.05) is 17.7 Å². The molecule has 1 amide bonds. The fourth-order valence-corrected chi connectivity index (χ4v) is 2.14. The molecule has 2 N–H and O–H groups in total. The van der Waals surface area contributed by atoms with Crippen molar-refractivity contribution in [3.05, 3.63) is 47.4 Å². The van der Waals surface area contributed by atoms with Crippen molar-refractivity contribution in [2.24, 2.45) is 0 Å². The molecule has 21 heavy (non-hydrogen) atoms. The summed E-state index contributed by atoms with van der Waals surface area (Å²) in [5.41, 5.74) is 3.38. The standard InChI is InChI=1S/C16H18N4O/c1-10-3-6-13(11(2)7-10)20-16(21)14-8-15(18-9-17-14)19-12-4-5-12/h3,6-9,12H,4-5H2,1-2H3,(H,20,21)(H,17,18,19). The zero-order valence-corrected chi connectivity index (χ0v) is 12.2. The SMILES string of the molecule is Cc1ccc(NC(=O)c2cc(NC3CC3)ncn2)c(C)c1. The first-order valence-electron chi connectivity index (χ1n) is 7.09. The molecular formula is C16H18N4O. The summed E-state index contributed by atoms with van der Waals surface area (Å²) < 4.78 is 0. The number of rotatable bonds is 4. The lowest BCUT2D eigenvalue weighted by Gasteiger charge is -2.09. The number of amides is 1. The van der Waals surface area contributed by atoms with Gasteiger partial charge in [0.15, 0.2) is 0 Å². The van der Waals surface area contributed by atoms with Gasteiger partial charge in [-0.2, -0.15) is 0 Å². The molecule has 1 fully saturated rings. The van der Waals surface area contributed by atoms with E-state index in [9.17, 15) is 4.79 Å². The average Bonchev–Trinajstić information content (AvgIpc) is 3.26. The fourth-order valence-electron chi connectivity index (χ4n) is 2.14. The summed E-state index contributed by atoms with van der Waals surface area (Å²) in [4.78, 5) is 20.5. The summed E-state index contributed by atoms with van der Waals surface area (Å²) in [6, 6.07) is 8.11. The molecule has 2 aromatic rings. The number of aryl methyl sites for hydroxylation is 2. The Hall–Kier alpha value is -2.43. The quantitative estimate of drug-likeness (QED) is 0.904. The van der Waals surface area contributed by atoms with Crippen molar-refractivity contribution >= 4 is 17.4 Å². The van der Waals surface area contributed by atoms with Crippen LogP contribution in [0.25, 0.3) is 0 Å². The van der Waals surface area contributed by atoms with Crippen LogP contribution in [0.5, 0.6) is 0 Å². The van der Waals surface area contributed by atoms with Crippen molar-refractivity contribution in [1.29, 1.82) is 0 Å². The van der Waals surface area contributed by atoms with Crippen LogP contribution in [0.1, 0.15) is 34.5 Å². The third kappa shape index (κ3) is 3.37. The Labute approximate surface area is 123 Å². The molecule has 1 aromatic heterocycles. The lowest BCUT2D eigenvalue weighted by atomic mass is 10.1. The third-order valence-electron chi connectivity index (χ3n) is 3.46. The van der Waals surface area contributed by atoms with E-state index in [1.54, 1.807) is 6.07 Å². The predicted molar refractivity (Wildman–Crippen MR) is 82.5 cm³/mol. The zero-order chi connectivity index (χ0) is 14.8. The number of aromatic nitrogens is 2. The maximum atomic E-state index is 12.3.